The van der Waals surface area contributed by atoms with Gasteiger partial charge in [-0.15, -0.1) is 0 Å². The highest BCUT2D eigenvalue weighted by molar-refractivity contribution is 5.81. The lowest BCUT2D eigenvalue weighted by Crippen LogP contribution is -2.21. The molecule has 0 spiro atoms. The molecule has 0 aliphatic heterocycles. The van der Waals surface area contributed by atoms with Gasteiger partial charge in [-0.3, -0.25) is 15.1 Å². The number of carboxylic acids is 1. The standard InChI is InChI=1S/C14H17N5.C2HF3O2/c1-10-7-11(16-15-10)8-19(2)9-14-12-5-3-4-6-13(12)17-18-14;3-2(4,5)1(6)7/h3-7H,8-9H2,1-2H3,(H,15,16)(H,17,18);(H,6,7). The molecule has 10 heteroatoms. The monoisotopic (exact) mass is 369 g/mol. The predicted octanol–water partition coefficient (Wildman–Crippen LogP) is 2.86. The molecule has 0 bridgehead atoms. The second-order valence-corrected chi connectivity index (χ2v) is 5.74. The highest BCUT2D eigenvalue weighted by atomic mass is 19.4. The van der Waals surface area contributed by atoms with Gasteiger partial charge < -0.3 is 5.11 Å². The highest BCUT2D eigenvalue weighted by Crippen LogP contribution is 2.17. The number of alkyl halides is 3. The van der Waals surface area contributed by atoms with Crippen LogP contribution in [0.25, 0.3) is 10.9 Å². The Balaban J connectivity index is 0.000000298. The number of halogens is 3. The zero-order valence-corrected chi connectivity index (χ0v) is 14.1. The fourth-order valence-corrected chi connectivity index (χ4v) is 2.29. The van der Waals surface area contributed by atoms with Crippen molar-refractivity contribution in [1.29, 1.82) is 0 Å². The fraction of sp³-hybridized carbons (Fsp3) is 0.312. The van der Waals surface area contributed by atoms with Crippen LogP contribution in [0.15, 0.2) is 30.3 Å². The Morgan fingerprint density at radius 2 is 1.85 bits per heavy atom. The topological polar surface area (TPSA) is 97.9 Å². The summed E-state index contributed by atoms with van der Waals surface area (Å²) in [6.45, 7) is 3.66. The van der Waals surface area contributed by atoms with Gasteiger partial charge in [-0.1, -0.05) is 18.2 Å². The van der Waals surface area contributed by atoms with Crippen molar-refractivity contribution in [1.82, 2.24) is 25.3 Å². The first kappa shape index (κ1) is 19.4. The zero-order valence-electron chi connectivity index (χ0n) is 14.1. The average molecular weight is 369 g/mol. The summed E-state index contributed by atoms with van der Waals surface area (Å²) in [6, 6.07) is 10.2. The molecule has 3 N–H and O–H groups in total. The SMILES string of the molecule is Cc1cc(CN(C)Cc2[nH]nc3ccccc23)n[nH]1.O=C(O)C(F)(F)F. The molecule has 1 aromatic carbocycles. The smallest absolute Gasteiger partial charge is 0.475 e. The molecule has 3 aromatic rings. The van der Waals surface area contributed by atoms with Gasteiger partial charge >= 0.3 is 12.1 Å². The minimum atomic E-state index is -5.08. The van der Waals surface area contributed by atoms with Gasteiger partial charge in [0.05, 0.1) is 16.9 Å². The minimum Gasteiger partial charge on any atom is -0.475 e. The van der Waals surface area contributed by atoms with E-state index in [-0.39, 0.29) is 0 Å². The molecule has 0 saturated carbocycles. The van der Waals surface area contributed by atoms with Crippen LogP contribution in [0.4, 0.5) is 13.2 Å². The van der Waals surface area contributed by atoms with Gasteiger partial charge in [-0.05, 0) is 26.1 Å². The van der Waals surface area contributed by atoms with Crippen molar-refractivity contribution in [2.24, 2.45) is 0 Å². The number of carbonyl (C=O) groups is 1. The Morgan fingerprint density at radius 3 is 2.42 bits per heavy atom. The molecule has 0 aliphatic carbocycles. The molecule has 0 atom stereocenters. The van der Waals surface area contributed by atoms with Gasteiger partial charge in [0.25, 0.3) is 0 Å². The number of aryl methyl sites for hydroxylation is 1. The van der Waals surface area contributed by atoms with Crippen molar-refractivity contribution in [2.45, 2.75) is 26.2 Å². The number of para-hydroxylation sites is 1. The summed E-state index contributed by atoms with van der Waals surface area (Å²) in [4.78, 5) is 11.1. The van der Waals surface area contributed by atoms with Crippen LogP contribution in [-0.4, -0.2) is 49.6 Å². The lowest BCUT2D eigenvalue weighted by atomic mass is 10.2. The van der Waals surface area contributed by atoms with Crippen LogP contribution in [-0.2, 0) is 17.9 Å². The summed E-state index contributed by atoms with van der Waals surface area (Å²) in [6.07, 6.45) is -5.08. The van der Waals surface area contributed by atoms with Crippen LogP contribution in [0.3, 0.4) is 0 Å². The largest absolute Gasteiger partial charge is 0.490 e. The highest BCUT2D eigenvalue weighted by Gasteiger charge is 2.38. The van der Waals surface area contributed by atoms with Crippen molar-refractivity contribution >= 4 is 16.9 Å². The Kier molecular flexibility index (Phi) is 5.98. The van der Waals surface area contributed by atoms with E-state index in [0.717, 1.165) is 35.7 Å². The number of aliphatic carboxylic acids is 1. The second kappa shape index (κ2) is 8.00. The Hall–Kier alpha value is -2.88. The number of aromatic nitrogens is 4. The zero-order chi connectivity index (χ0) is 19.3. The summed E-state index contributed by atoms with van der Waals surface area (Å²) in [7, 11) is 2.08. The van der Waals surface area contributed by atoms with Crippen molar-refractivity contribution < 1.29 is 23.1 Å². The van der Waals surface area contributed by atoms with Crippen LogP contribution < -0.4 is 0 Å². The minimum absolute atomic E-state index is 0.817. The quantitative estimate of drug-likeness (QED) is 0.657. The van der Waals surface area contributed by atoms with E-state index in [1.54, 1.807) is 0 Å². The fourth-order valence-electron chi connectivity index (χ4n) is 2.29. The van der Waals surface area contributed by atoms with E-state index >= 15 is 0 Å². The molecule has 0 unspecified atom stereocenters. The summed E-state index contributed by atoms with van der Waals surface area (Å²) in [5.41, 5.74) is 4.31. The van der Waals surface area contributed by atoms with Crippen LogP contribution in [0.2, 0.25) is 0 Å². The van der Waals surface area contributed by atoms with Crippen LogP contribution in [0, 0.1) is 6.92 Å². The van der Waals surface area contributed by atoms with Gasteiger partial charge in [-0.25, -0.2) is 4.79 Å². The van der Waals surface area contributed by atoms with Crippen LogP contribution in [0.5, 0.6) is 0 Å². The van der Waals surface area contributed by atoms with E-state index in [1.165, 1.54) is 5.39 Å². The predicted molar refractivity (Wildman–Crippen MR) is 88.3 cm³/mol. The molecule has 140 valence electrons. The van der Waals surface area contributed by atoms with Crippen molar-refractivity contribution in [3.05, 3.63) is 47.4 Å². The summed E-state index contributed by atoms with van der Waals surface area (Å²) >= 11 is 0. The first-order valence-electron chi connectivity index (χ1n) is 7.58. The lowest BCUT2D eigenvalue weighted by Gasteiger charge is -2.13. The number of aromatic amines is 2. The van der Waals surface area contributed by atoms with E-state index in [0.29, 0.717) is 0 Å². The summed E-state index contributed by atoms with van der Waals surface area (Å²) in [5, 5.41) is 23.0. The average Bonchev–Trinajstić information content (AvgIpc) is 3.14. The maximum Gasteiger partial charge on any atom is 0.490 e. The van der Waals surface area contributed by atoms with E-state index in [2.05, 4.69) is 44.5 Å². The third kappa shape index (κ3) is 5.31. The first-order chi connectivity index (χ1) is 12.2. The molecule has 0 amide bonds. The summed E-state index contributed by atoms with van der Waals surface area (Å²) < 4.78 is 31.7. The van der Waals surface area contributed by atoms with E-state index in [4.69, 9.17) is 9.90 Å². The molecule has 2 heterocycles. The molecule has 2 aromatic heterocycles. The number of nitrogens with one attached hydrogen (secondary N) is 2. The lowest BCUT2D eigenvalue weighted by molar-refractivity contribution is -0.192. The third-order valence-corrected chi connectivity index (χ3v) is 3.40. The number of H-pyrrole nitrogens is 2. The molecule has 0 fully saturated rings. The maximum absolute atomic E-state index is 10.6. The Morgan fingerprint density at radius 1 is 1.19 bits per heavy atom. The number of rotatable bonds is 4. The van der Waals surface area contributed by atoms with Gasteiger partial charge in [0.1, 0.15) is 0 Å². The number of fused-ring (bicyclic) bond motifs is 1. The third-order valence-electron chi connectivity index (χ3n) is 3.40. The number of benzene rings is 1. The number of hydrogen-bond donors (Lipinski definition) is 3. The van der Waals surface area contributed by atoms with Crippen molar-refractivity contribution in [3.63, 3.8) is 0 Å². The number of nitrogens with zero attached hydrogens (tertiary/aromatic N) is 3. The maximum atomic E-state index is 10.6. The van der Waals surface area contributed by atoms with Gasteiger partial charge in [-0.2, -0.15) is 23.4 Å². The molecular formula is C16H18F3N5O2. The first-order valence-corrected chi connectivity index (χ1v) is 7.58. The van der Waals surface area contributed by atoms with E-state index in [1.807, 2.05) is 25.1 Å². The van der Waals surface area contributed by atoms with Gasteiger partial charge in [0, 0.05) is 24.2 Å². The van der Waals surface area contributed by atoms with Crippen molar-refractivity contribution in [3.8, 4) is 0 Å². The molecule has 0 saturated heterocycles. The van der Waals surface area contributed by atoms with E-state index < -0.39 is 12.1 Å². The Labute approximate surface area is 146 Å². The van der Waals surface area contributed by atoms with Crippen molar-refractivity contribution in [2.75, 3.05) is 7.05 Å². The van der Waals surface area contributed by atoms with Gasteiger partial charge in [0.15, 0.2) is 0 Å². The summed E-state index contributed by atoms with van der Waals surface area (Å²) in [5.74, 6) is -2.76. The molecule has 0 aliphatic rings. The van der Waals surface area contributed by atoms with Crippen LogP contribution >= 0.6 is 0 Å². The van der Waals surface area contributed by atoms with Gasteiger partial charge in [0.2, 0.25) is 0 Å². The Bertz CT molecular complexity index is 872. The molecular weight excluding hydrogens is 351 g/mol. The van der Waals surface area contributed by atoms with Crippen LogP contribution in [0.1, 0.15) is 17.1 Å². The molecule has 0 radical (unpaired) electrons. The second-order valence-electron chi connectivity index (χ2n) is 5.74. The number of hydrogen-bond acceptors (Lipinski definition) is 4. The molecule has 3 rings (SSSR count). The molecule has 7 nitrogen and oxygen atoms in total. The normalized spacial score (nSPS) is 11.5. The van der Waals surface area contributed by atoms with E-state index in [9.17, 15) is 13.2 Å². The molecule has 26 heavy (non-hydrogen) atoms. The number of carboxylic acid groups (broad SMARTS) is 1.